The van der Waals surface area contributed by atoms with Gasteiger partial charge in [0.1, 0.15) is 5.82 Å². The predicted molar refractivity (Wildman–Crippen MR) is 140 cm³/mol. The quantitative estimate of drug-likeness (QED) is 0.212. The number of hydrogen-bond donors (Lipinski definition) is 0. The minimum absolute atomic E-state index is 0.0126. The zero-order chi connectivity index (χ0) is 24.8. The molecule has 0 aliphatic heterocycles. The van der Waals surface area contributed by atoms with Crippen molar-refractivity contribution in [1.82, 2.24) is 0 Å². The van der Waals surface area contributed by atoms with Crippen molar-refractivity contribution < 1.29 is 13.2 Å². The monoisotopic (exact) mass is 478 g/mol. The highest BCUT2D eigenvalue weighted by molar-refractivity contribution is 5.71. The Hall–Kier alpha value is -2.55. The lowest BCUT2D eigenvalue weighted by Gasteiger charge is -2.38. The molecular weight excluding hydrogens is 441 g/mol. The van der Waals surface area contributed by atoms with E-state index in [0.29, 0.717) is 17.9 Å². The predicted octanol–water partition coefficient (Wildman–Crippen LogP) is 10.3. The fourth-order valence-electron chi connectivity index (χ4n) is 6.13. The molecule has 0 heterocycles. The first-order valence-electron chi connectivity index (χ1n) is 13.4. The van der Waals surface area contributed by atoms with Gasteiger partial charge in [0.15, 0.2) is 11.6 Å². The molecule has 0 nitrogen and oxygen atoms in total. The topological polar surface area (TPSA) is 0 Å². The van der Waals surface area contributed by atoms with Crippen LogP contribution in [0.15, 0.2) is 60.7 Å². The van der Waals surface area contributed by atoms with Crippen LogP contribution in [0, 0.1) is 29.3 Å². The molecule has 186 valence electrons. The van der Waals surface area contributed by atoms with Crippen LogP contribution >= 0.6 is 0 Å². The van der Waals surface area contributed by atoms with E-state index in [2.05, 4.69) is 6.92 Å². The van der Waals surface area contributed by atoms with Crippen LogP contribution in [0.4, 0.5) is 13.2 Å². The maximum atomic E-state index is 15.6. The Kier molecular flexibility index (Phi) is 8.70. The van der Waals surface area contributed by atoms with Crippen molar-refractivity contribution in [2.24, 2.45) is 11.8 Å². The van der Waals surface area contributed by atoms with Gasteiger partial charge < -0.3 is 0 Å². The SMILES string of the molecule is CCCCCC1CCCCC1C(CC)c1c(F)cc(-c2ccc(-c3ccccc3)cc2)c(F)c1F. The second-order valence-corrected chi connectivity index (χ2v) is 10.1. The molecule has 35 heavy (non-hydrogen) atoms. The van der Waals surface area contributed by atoms with Crippen LogP contribution in [0.1, 0.15) is 83.1 Å². The van der Waals surface area contributed by atoms with E-state index >= 15 is 13.2 Å². The fraction of sp³-hybridized carbons (Fsp3) is 0.438. The van der Waals surface area contributed by atoms with Gasteiger partial charge in [-0.15, -0.1) is 0 Å². The summed E-state index contributed by atoms with van der Waals surface area (Å²) < 4.78 is 46.5. The normalized spacial score (nSPS) is 19.0. The van der Waals surface area contributed by atoms with Gasteiger partial charge in [-0.25, -0.2) is 13.2 Å². The molecule has 1 aliphatic rings. The zero-order valence-corrected chi connectivity index (χ0v) is 21.0. The van der Waals surface area contributed by atoms with Gasteiger partial charge in [0, 0.05) is 11.1 Å². The zero-order valence-electron chi connectivity index (χ0n) is 21.0. The highest BCUT2D eigenvalue weighted by Gasteiger charge is 2.35. The van der Waals surface area contributed by atoms with Gasteiger partial charge in [0.05, 0.1) is 0 Å². The van der Waals surface area contributed by atoms with Gasteiger partial charge in [-0.1, -0.05) is 113 Å². The molecule has 0 amide bonds. The highest BCUT2D eigenvalue weighted by Crippen LogP contribution is 2.46. The summed E-state index contributed by atoms with van der Waals surface area (Å²) in [6.45, 7) is 4.17. The molecule has 0 bridgehead atoms. The molecule has 4 rings (SSSR count). The molecule has 0 aromatic heterocycles. The Bertz CT molecular complexity index is 1090. The van der Waals surface area contributed by atoms with Crippen LogP contribution in [0.5, 0.6) is 0 Å². The average molecular weight is 479 g/mol. The van der Waals surface area contributed by atoms with Crippen molar-refractivity contribution in [3.63, 3.8) is 0 Å². The summed E-state index contributed by atoms with van der Waals surface area (Å²) in [5.41, 5.74) is 2.45. The van der Waals surface area contributed by atoms with Crippen molar-refractivity contribution in [3.05, 3.63) is 83.7 Å². The molecule has 0 radical (unpaired) electrons. The molecular formula is C32H37F3. The van der Waals surface area contributed by atoms with E-state index < -0.39 is 17.5 Å². The minimum Gasteiger partial charge on any atom is -0.207 e. The van der Waals surface area contributed by atoms with E-state index in [9.17, 15) is 0 Å². The van der Waals surface area contributed by atoms with E-state index in [1.165, 1.54) is 18.9 Å². The Morgan fingerprint density at radius 2 is 1.43 bits per heavy atom. The van der Waals surface area contributed by atoms with Crippen LogP contribution in [0.25, 0.3) is 22.3 Å². The summed E-state index contributed by atoms with van der Waals surface area (Å²) in [4.78, 5) is 0. The molecule has 3 aromatic carbocycles. The van der Waals surface area contributed by atoms with E-state index in [0.717, 1.165) is 49.7 Å². The third-order valence-electron chi connectivity index (χ3n) is 7.97. The lowest BCUT2D eigenvalue weighted by molar-refractivity contribution is 0.177. The van der Waals surface area contributed by atoms with Crippen LogP contribution in [-0.2, 0) is 0 Å². The Balaban J connectivity index is 1.64. The molecule has 3 atom stereocenters. The molecule has 1 saturated carbocycles. The number of hydrogen-bond acceptors (Lipinski definition) is 0. The summed E-state index contributed by atoms with van der Waals surface area (Å²) >= 11 is 0. The van der Waals surface area contributed by atoms with Crippen LogP contribution in [-0.4, -0.2) is 0 Å². The smallest absolute Gasteiger partial charge is 0.167 e. The third kappa shape index (κ3) is 5.66. The fourth-order valence-corrected chi connectivity index (χ4v) is 6.13. The maximum absolute atomic E-state index is 15.6. The first-order valence-corrected chi connectivity index (χ1v) is 13.4. The van der Waals surface area contributed by atoms with Gasteiger partial charge in [-0.3, -0.25) is 0 Å². The Labute approximate surface area is 208 Å². The van der Waals surface area contributed by atoms with Crippen molar-refractivity contribution in [1.29, 1.82) is 0 Å². The Morgan fingerprint density at radius 1 is 0.771 bits per heavy atom. The highest BCUT2D eigenvalue weighted by atomic mass is 19.2. The molecule has 3 unspecified atom stereocenters. The second-order valence-electron chi connectivity index (χ2n) is 10.1. The average Bonchev–Trinajstić information content (AvgIpc) is 2.90. The number of unbranched alkanes of at least 4 members (excludes halogenated alkanes) is 2. The largest absolute Gasteiger partial charge is 0.207 e. The second kappa shape index (κ2) is 11.9. The molecule has 0 N–H and O–H groups in total. The first-order chi connectivity index (χ1) is 17.0. The summed E-state index contributed by atoms with van der Waals surface area (Å²) in [5.74, 6) is -2.17. The van der Waals surface area contributed by atoms with Crippen molar-refractivity contribution >= 4 is 0 Å². The molecule has 3 aromatic rings. The summed E-state index contributed by atoms with van der Waals surface area (Å²) in [5, 5.41) is 0. The Morgan fingerprint density at radius 3 is 2.11 bits per heavy atom. The van der Waals surface area contributed by atoms with Crippen molar-refractivity contribution in [2.45, 2.75) is 77.6 Å². The minimum atomic E-state index is -1.00. The maximum Gasteiger partial charge on any atom is 0.167 e. The van der Waals surface area contributed by atoms with Crippen LogP contribution < -0.4 is 0 Å². The molecule has 0 saturated heterocycles. The van der Waals surface area contributed by atoms with Crippen LogP contribution in [0.3, 0.4) is 0 Å². The van der Waals surface area contributed by atoms with Gasteiger partial charge >= 0.3 is 0 Å². The number of halogens is 3. The van der Waals surface area contributed by atoms with Crippen molar-refractivity contribution in [2.75, 3.05) is 0 Å². The lowest BCUT2D eigenvalue weighted by atomic mass is 9.67. The lowest BCUT2D eigenvalue weighted by Crippen LogP contribution is -2.27. The van der Waals surface area contributed by atoms with Gasteiger partial charge in [0.25, 0.3) is 0 Å². The van der Waals surface area contributed by atoms with E-state index in [1.807, 2.05) is 49.4 Å². The van der Waals surface area contributed by atoms with E-state index in [-0.39, 0.29) is 23.0 Å². The number of benzene rings is 3. The van der Waals surface area contributed by atoms with Gasteiger partial charge in [-0.05, 0) is 53.4 Å². The summed E-state index contributed by atoms with van der Waals surface area (Å²) in [6.07, 6.45) is 9.59. The van der Waals surface area contributed by atoms with E-state index in [4.69, 9.17) is 0 Å². The van der Waals surface area contributed by atoms with Crippen LogP contribution in [0.2, 0.25) is 0 Å². The molecule has 0 spiro atoms. The summed E-state index contributed by atoms with van der Waals surface area (Å²) in [7, 11) is 0. The summed E-state index contributed by atoms with van der Waals surface area (Å²) in [6, 6.07) is 18.3. The third-order valence-corrected chi connectivity index (χ3v) is 7.97. The molecule has 1 fully saturated rings. The van der Waals surface area contributed by atoms with Crippen molar-refractivity contribution in [3.8, 4) is 22.3 Å². The number of rotatable bonds is 9. The van der Waals surface area contributed by atoms with Gasteiger partial charge in [0.2, 0.25) is 0 Å². The van der Waals surface area contributed by atoms with Gasteiger partial charge in [-0.2, -0.15) is 0 Å². The molecule has 3 heteroatoms. The first kappa shape index (κ1) is 25.5. The standard InChI is InChI=1S/C32H37F3/c1-3-5-7-14-24-15-10-11-16-27(24)26(4-2)30-29(33)21-28(31(34)32(30)35)25-19-17-23(18-20-25)22-12-8-6-9-13-22/h6,8-9,12-13,17-21,24,26-27H,3-5,7,10-11,14-16H2,1-2H3. The van der Waals surface area contributed by atoms with E-state index in [1.54, 1.807) is 12.1 Å². The molecule has 1 aliphatic carbocycles.